The molecule has 0 fully saturated rings. The highest BCUT2D eigenvalue weighted by molar-refractivity contribution is 5.94. The number of hydrogen-bond donors (Lipinski definition) is 1. The van der Waals surface area contributed by atoms with Crippen LogP contribution in [0.5, 0.6) is 0 Å². The van der Waals surface area contributed by atoms with E-state index in [0.717, 1.165) is 10.9 Å². The molecule has 0 saturated carbocycles. The molecule has 4 aromatic rings. The predicted molar refractivity (Wildman–Crippen MR) is 92.7 cm³/mol. The lowest BCUT2D eigenvalue weighted by atomic mass is 10.1. The zero-order chi connectivity index (χ0) is 17.4. The van der Waals surface area contributed by atoms with Crippen LogP contribution in [0.4, 0.5) is 10.1 Å². The molecule has 2 N–H and O–H groups in total. The highest BCUT2D eigenvalue weighted by Gasteiger charge is 2.16. The number of hydrogen-bond acceptors (Lipinski definition) is 4. The van der Waals surface area contributed by atoms with Crippen molar-refractivity contribution in [3.63, 3.8) is 0 Å². The first-order chi connectivity index (χ1) is 12.2. The predicted octanol–water partition coefficient (Wildman–Crippen LogP) is 3.88. The molecule has 0 amide bonds. The Hall–Kier alpha value is -3.41. The molecule has 124 valence electrons. The van der Waals surface area contributed by atoms with Crippen molar-refractivity contribution in [3.05, 3.63) is 71.7 Å². The van der Waals surface area contributed by atoms with Gasteiger partial charge in [0.25, 0.3) is 0 Å². The van der Waals surface area contributed by atoms with Gasteiger partial charge in [0.05, 0.1) is 12.1 Å². The first-order valence-electron chi connectivity index (χ1n) is 7.70. The number of rotatable bonds is 4. The van der Waals surface area contributed by atoms with Crippen LogP contribution < -0.4 is 5.73 Å². The molecule has 0 bridgehead atoms. The molecule has 2 aromatic heterocycles. The van der Waals surface area contributed by atoms with Gasteiger partial charge in [0.15, 0.2) is 17.8 Å². The molecule has 0 spiro atoms. The molecule has 4 rings (SSSR count). The van der Waals surface area contributed by atoms with Gasteiger partial charge >= 0.3 is 0 Å². The van der Waals surface area contributed by atoms with Gasteiger partial charge in [-0.25, -0.2) is 4.39 Å². The summed E-state index contributed by atoms with van der Waals surface area (Å²) in [5.74, 6) is 0.407. The minimum Gasteiger partial charge on any atom is -0.452 e. The van der Waals surface area contributed by atoms with Crippen LogP contribution in [0.25, 0.3) is 22.4 Å². The molecule has 0 aliphatic heterocycles. The van der Waals surface area contributed by atoms with Crippen molar-refractivity contribution in [1.29, 1.82) is 0 Å². The smallest absolute Gasteiger partial charge is 0.185 e. The van der Waals surface area contributed by atoms with E-state index >= 15 is 0 Å². The fourth-order valence-electron chi connectivity index (χ4n) is 2.82. The Morgan fingerprint density at radius 1 is 1.16 bits per heavy atom. The second-order valence-electron chi connectivity index (χ2n) is 5.69. The number of nitrogen functional groups attached to an aromatic ring is 1. The maximum Gasteiger partial charge on any atom is 0.185 e. The van der Waals surface area contributed by atoms with Crippen LogP contribution in [0.15, 0.2) is 59.0 Å². The third-order valence-electron chi connectivity index (χ3n) is 4.03. The van der Waals surface area contributed by atoms with E-state index in [2.05, 4.69) is 5.10 Å². The number of furan rings is 1. The molecule has 5 nitrogen and oxygen atoms in total. The Morgan fingerprint density at radius 3 is 2.76 bits per heavy atom. The van der Waals surface area contributed by atoms with Crippen molar-refractivity contribution >= 4 is 22.9 Å². The summed E-state index contributed by atoms with van der Waals surface area (Å²) in [4.78, 5) is 10.9. The van der Waals surface area contributed by atoms with Gasteiger partial charge in [-0.2, -0.15) is 5.10 Å². The van der Waals surface area contributed by atoms with E-state index in [4.69, 9.17) is 10.2 Å². The lowest BCUT2D eigenvalue weighted by Crippen LogP contribution is -2.04. The number of carbonyl (C=O) groups is 1. The van der Waals surface area contributed by atoms with Crippen molar-refractivity contribution in [3.8, 4) is 11.5 Å². The largest absolute Gasteiger partial charge is 0.452 e. The van der Waals surface area contributed by atoms with Gasteiger partial charge in [0.2, 0.25) is 0 Å². The number of nitrogens with two attached hydrogens (primary N) is 1. The minimum atomic E-state index is -0.294. The number of nitrogens with zero attached hydrogens (tertiary/aromatic N) is 2. The third-order valence-corrected chi connectivity index (χ3v) is 4.03. The van der Waals surface area contributed by atoms with Gasteiger partial charge in [-0.1, -0.05) is 18.2 Å². The molecule has 6 heteroatoms. The minimum absolute atomic E-state index is 0.224. The Balaban J connectivity index is 1.88. The van der Waals surface area contributed by atoms with Crippen molar-refractivity contribution in [2.75, 3.05) is 5.73 Å². The van der Waals surface area contributed by atoms with E-state index < -0.39 is 0 Å². The van der Waals surface area contributed by atoms with E-state index in [0.29, 0.717) is 29.0 Å². The lowest BCUT2D eigenvalue weighted by Gasteiger charge is -2.05. The average Bonchev–Trinajstić information content (AvgIpc) is 3.21. The Bertz CT molecular complexity index is 1080. The van der Waals surface area contributed by atoms with E-state index in [9.17, 15) is 9.18 Å². The molecule has 0 saturated heterocycles. The first kappa shape index (κ1) is 15.1. The first-order valence-corrected chi connectivity index (χ1v) is 7.70. The van der Waals surface area contributed by atoms with E-state index in [1.807, 2.05) is 6.07 Å². The lowest BCUT2D eigenvalue weighted by molar-refractivity contribution is 0.110. The summed E-state index contributed by atoms with van der Waals surface area (Å²) in [7, 11) is 0. The second-order valence-corrected chi connectivity index (χ2v) is 5.69. The Kier molecular flexibility index (Phi) is 3.57. The number of carbonyl (C=O) groups excluding carboxylic acids is 1. The zero-order valence-electron chi connectivity index (χ0n) is 13.1. The molecule has 2 heterocycles. The summed E-state index contributed by atoms with van der Waals surface area (Å²) in [6.07, 6.45) is 0.639. The summed E-state index contributed by atoms with van der Waals surface area (Å²) in [6.45, 7) is 0.258. The SMILES string of the molecule is Nc1ccc2c(-c3ccc(C=O)o3)nn(Cc3ccccc3F)c2c1. The van der Waals surface area contributed by atoms with Gasteiger partial charge < -0.3 is 10.2 Å². The zero-order valence-corrected chi connectivity index (χ0v) is 13.1. The number of fused-ring (bicyclic) bond motifs is 1. The van der Waals surface area contributed by atoms with Gasteiger partial charge in [0.1, 0.15) is 11.5 Å². The van der Waals surface area contributed by atoms with Crippen LogP contribution in [-0.4, -0.2) is 16.1 Å². The van der Waals surface area contributed by atoms with Crippen molar-refractivity contribution in [1.82, 2.24) is 9.78 Å². The van der Waals surface area contributed by atoms with Crippen LogP contribution in [0.2, 0.25) is 0 Å². The monoisotopic (exact) mass is 335 g/mol. The number of aldehydes is 1. The molecule has 25 heavy (non-hydrogen) atoms. The summed E-state index contributed by atoms with van der Waals surface area (Å²) in [6, 6.07) is 15.2. The quantitative estimate of drug-likeness (QED) is 0.454. The standard InChI is InChI=1S/C19H14FN3O2/c20-16-4-2-1-3-12(16)10-23-17-9-13(21)5-7-15(17)19(22-23)18-8-6-14(11-24)25-18/h1-9,11H,10,21H2. The fourth-order valence-corrected chi connectivity index (χ4v) is 2.82. The Labute approximate surface area is 142 Å². The van der Waals surface area contributed by atoms with Crippen LogP contribution >= 0.6 is 0 Å². The number of halogens is 1. The molecular weight excluding hydrogens is 321 g/mol. The van der Waals surface area contributed by atoms with Crippen molar-refractivity contribution in [2.24, 2.45) is 0 Å². The summed E-state index contributed by atoms with van der Waals surface area (Å²) in [5, 5.41) is 5.39. The molecule has 0 radical (unpaired) electrons. The summed E-state index contributed by atoms with van der Waals surface area (Å²) < 4.78 is 21.2. The van der Waals surface area contributed by atoms with Crippen LogP contribution in [0, 0.1) is 5.82 Å². The molecular formula is C19H14FN3O2. The number of anilines is 1. The van der Waals surface area contributed by atoms with Gasteiger partial charge in [-0.15, -0.1) is 0 Å². The maximum atomic E-state index is 14.0. The topological polar surface area (TPSA) is 74.1 Å². The molecule has 2 aromatic carbocycles. The third kappa shape index (κ3) is 2.67. The van der Waals surface area contributed by atoms with Crippen LogP contribution in [0.3, 0.4) is 0 Å². The maximum absolute atomic E-state index is 14.0. The number of aromatic nitrogens is 2. The normalized spacial score (nSPS) is 11.1. The van der Waals surface area contributed by atoms with Gasteiger partial charge in [-0.05, 0) is 36.4 Å². The highest BCUT2D eigenvalue weighted by atomic mass is 19.1. The molecule has 0 aliphatic carbocycles. The fraction of sp³-hybridized carbons (Fsp3) is 0.0526. The van der Waals surface area contributed by atoms with E-state index in [1.54, 1.807) is 47.1 Å². The van der Waals surface area contributed by atoms with Crippen LogP contribution in [0.1, 0.15) is 16.1 Å². The molecule has 0 atom stereocenters. The highest BCUT2D eigenvalue weighted by Crippen LogP contribution is 2.31. The van der Waals surface area contributed by atoms with Crippen molar-refractivity contribution in [2.45, 2.75) is 6.54 Å². The molecule has 0 unspecified atom stereocenters. The van der Waals surface area contributed by atoms with E-state index in [-0.39, 0.29) is 18.1 Å². The second kappa shape index (κ2) is 5.90. The van der Waals surface area contributed by atoms with Gasteiger partial charge in [0, 0.05) is 16.6 Å². The summed E-state index contributed by atoms with van der Waals surface area (Å²) >= 11 is 0. The summed E-state index contributed by atoms with van der Waals surface area (Å²) in [5.41, 5.74) is 8.36. The van der Waals surface area contributed by atoms with Crippen LogP contribution in [-0.2, 0) is 6.54 Å². The number of benzene rings is 2. The Morgan fingerprint density at radius 2 is 2.00 bits per heavy atom. The average molecular weight is 335 g/mol. The van der Waals surface area contributed by atoms with Crippen molar-refractivity contribution < 1.29 is 13.6 Å². The van der Waals surface area contributed by atoms with E-state index in [1.165, 1.54) is 6.07 Å². The van der Waals surface area contributed by atoms with Gasteiger partial charge in [-0.3, -0.25) is 9.48 Å². The molecule has 0 aliphatic rings.